The second-order valence-electron chi connectivity index (χ2n) is 3.84. The number of hydrogen-bond acceptors (Lipinski definition) is 2. The third kappa shape index (κ3) is 2.24. The Morgan fingerprint density at radius 1 is 1.31 bits per heavy atom. The fraction of sp³-hybridized carbons (Fsp3) is 0.231. The number of aryl methyl sites for hydroxylation is 1. The second kappa shape index (κ2) is 4.39. The smallest absolute Gasteiger partial charge is 0.125 e. The molecule has 2 nitrogen and oxygen atoms in total. The van der Waals surface area contributed by atoms with Gasteiger partial charge in [-0.05, 0) is 43.7 Å². The lowest BCUT2D eigenvalue weighted by Gasteiger charge is -2.14. The molecule has 0 spiro atoms. The third-order valence-electron chi connectivity index (χ3n) is 2.54. The van der Waals surface area contributed by atoms with Gasteiger partial charge in [0.2, 0.25) is 0 Å². The topological polar surface area (TPSA) is 25.2 Å². The summed E-state index contributed by atoms with van der Waals surface area (Å²) >= 11 is 0. The molecule has 0 saturated heterocycles. The highest BCUT2D eigenvalue weighted by Crippen LogP contribution is 2.22. The van der Waals surface area contributed by atoms with Gasteiger partial charge in [-0.2, -0.15) is 0 Å². The number of hydrogen-bond donors (Lipinski definition) is 1. The lowest BCUT2D eigenvalue weighted by molar-refractivity contribution is 0.490. The maximum absolute atomic E-state index is 13.1. The van der Waals surface area contributed by atoms with Gasteiger partial charge in [-0.15, -0.1) is 0 Å². The number of benzene rings is 1. The molecule has 0 bridgehead atoms. The van der Waals surface area contributed by atoms with E-state index in [-0.39, 0.29) is 11.9 Å². The summed E-state index contributed by atoms with van der Waals surface area (Å²) in [6.07, 6.45) is 1.63. The predicted molar refractivity (Wildman–Crippen MR) is 61.9 cm³/mol. The van der Waals surface area contributed by atoms with Gasteiger partial charge in [0.05, 0.1) is 12.3 Å². The van der Waals surface area contributed by atoms with Gasteiger partial charge in [0.1, 0.15) is 11.6 Å². The molecule has 1 heterocycles. The lowest BCUT2D eigenvalue weighted by Crippen LogP contribution is -2.06. The maximum atomic E-state index is 13.1. The monoisotopic (exact) mass is 219 g/mol. The van der Waals surface area contributed by atoms with Gasteiger partial charge in [-0.25, -0.2) is 4.39 Å². The molecule has 1 N–H and O–H groups in total. The fourth-order valence-corrected chi connectivity index (χ4v) is 1.59. The Bertz CT molecular complexity index is 465. The molecule has 0 aliphatic carbocycles. The fourth-order valence-electron chi connectivity index (χ4n) is 1.59. The number of halogens is 1. The van der Waals surface area contributed by atoms with Crippen LogP contribution in [0, 0.1) is 12.7 Å². The molecule has 0 fully saturated rings. The van der Waals surface area contributed by atoms with Crippen LogP contribution in [0.5, 0.6) is 0 Å². The summed E-state index contributed by atoms with van der Waals surface area (Å²) in [5, 5.41) is 3.22. The summed E-state index contributed by atoms with van der Waals surface area (Å²) in [5.41, 5.74) is 1.81. The van der Waals surface area contributed by atoms with E-state index in [1.165, 1.54) is 12.1 Å². The van der Waals surface area contributed by atoms with Crippen LogP contribution in [0.15, 0.2) is 41.0 Å². The first-order valence-corrected chi connectivity index (χ1v) is 5.23. The molecule has 0 radical (unpaired) electrons. The zero-order chi connectivity index (χ0) is 11.5. The van der Waals surface area contributed by atoms with Gasteiger partial charge >= 0.3 is 0 Å². The van der Waals surface area contributed by atoms with Crippen LogP contribution in [0.3, 0.4) is 0 Å². The average molecular weight is 219 g/mol. The van der Waals surface area contributed by atoms with E-state index in [0.29, 0.717) is 0 Å². The van der Waals surface area contributed by atoms with Crippen LogP contribution in [0.2, 0.25) is 0 Å². The molecular weight excluding hydrogens is 205 g/mol. The minimum atomic E-state index is -0.236. The van der Waals surface area contributed by atoms with E-state index in [9.17, 15) is 4.39 Å². The number of rotatable bonds is 3. The molecule has 2 aromatic rings. The van der Waals surface area contributed by atoms with Crippen molar-refractivity contribution < 1.29 is 8.81 Å². The molecule has 0 aliphatic rings. The molecule has 0 aliphatic heterocycles. The van der Waals surface area contributed by atoms with Crippen LogP contribution in [0.1, 0.15) is 24.3 Å². The first kappa shape index (κ1) is 10.7. The van der Waals surface area contributed by atoms with Crippen molar-refractivity contribution in [2.45, 2.75) is 19.9 Å². The molecule has 1 aromatic heterocycles. The van der Waals surface area contributed by atoms with E-state index in [1.807, 2.05) is 26.0 Å². The van der Waals surface area contributed by atoms with Gasteiger partial charge in [0.25, 0.3) is 0 Å². The summed E-state index contributed by atoms with van der Waals surface area (Å²) in [4.78, 5) is 0. The Kier molecular flexibility index (Phi) is 2.95. The average Bonchev–Trinajstić information content (AvgIpc) is 2.76. The van der Waals surface area contributed by atoms with Gasteiger partial charge in [-0.3, -0.25) is 0 Å². The van der Waals surface area contributed by atoms with Crippen LogP contribution in [0.4, 0.5) is 10.1 Å². The molecule has 3 heteroatoms. The summed E-state index contributed by atoms with van der Waals surface area (Å²) in [5.74, 6) is 0.600. The minimum Gasteiger partial charge on any atom is -0.467 e. The van der Waals surface area contributed by atoms with Crippen molar-refractivity contribution in [1.29, 1.82) is 0 Å². The number of anilines is 1. The highest BCUT2D eigenvalue weighted by Gasteiger charge is 2.09. The zero-order valence-corrected chi connectivity index (χ0v) is 9.33. The molecule has 84 valence electrons. The Labute approximate surface area is 94.1 Å². The van der Waals surface area contributed by atoms with Crippen LogP contribution >= 0.6 is 0 Å². The largest absolute Gasteiger partial charge is 0.467 e. The SMILES string of the molecule is Cc1ccc(F)cc1NC(C)c1ccco1. The first-order valence-electron chi connectivity index (χ1n) is 5.23. The second-order valence-corrected chi connectivity index (χ2v) is 3.84. The molecular formula is C13H14FNO. The van der Waals surface area contributed by atoms with E-state index in [1.54, 1.807) is 12.3 Å². The Morgan fingerprint density at radius 2 is 2.12 bits per heavy atom. The first-order chi connectivity index (χ1) is 7.66. The molecule has 1 unspecified atom stereocenters. The Balaban J connectivity index is 2.17. The van der Waals surface area contributed by atoms with Gasteiger partial charge < -0.3 is 9.73 Å². The van der Waals surface area contributed by atoms with Gasteiger partial charge in [0.15, 0.2) is 0 Å². The summed E-state index contributed by atoms with van der Waals surface area (Å²) in [7, 11) is 0. The van der Waals surface area contributed by atoms with Crippen molar-refractivity contribution in [3.05, 3.63) is 53.7 Å². The van der Waals surface area contributed by atoms with Crippen molar-refractivity contribution in [2.75, 3.05) is 5.32 Å². The highest BCUT2D eigenvalue weighted by atomic mass is 19.1. The Morgan fingerprint density at radius 3 is 2.81 bits per heavy atom. The van der Waals surface area contributed by atoms with Crippen LogP contribution < -0.4 is 5.32 Å². The summed E-state index contributed by atoms with van der Waals surface area (Å²) in [6.45, 7) is 3.92. The van der Waals surface area contributed by atoms with Crippen LogP contribution in [-0.2, 0) is 0 Å². The standard InChI is InChI=1S/C13H14FNO/c1-9-5-6-11(14)8-12(9)15-10(2)13-4-3-7-16-13/h3-8,10,15H,1-2H3. The summed E-state index contributed by atoms with van der Waals surface area (Å²) in [6, 6.07) is 8.47. The van der Waals surface area contributed by atoms with E-state index in [4.69, 9.17) is 4.42 Å². The summed E-state index contributed by atoms with van der Waals surface area (Å²) < 4.78 is 18.4. The normalized spacial score (nSPS) is 12.4. The van der Waals surface area contributed by atoms with Crippen molar-refractivity contribution in [2.24, 2.45) is 0 Å². The van der Waals surface area contributed by atoms with Crippen LogP contribution in [-0.4, -0.2) is 0 Å². The van der Waals surface area contributed by atoms with E-state index < -0.39 is 0 Å². The quantitative estimate of drug-likeness (QED) is 0.846. The van der Waals surface area contributed by atoms with E-state index in [2.05, 4.69) is 5.32 Å². The van der Waals surface area contributed by atoms with Crippen LogP contribution in [0.25, 0.3) is 0 Å². The van der Waals surface area contributed by atoms with E-state index >= 15 is 0 Å². The van der Waals surface area contributed by atoms with Crippen molar-refractivity contribution in [3.8, 4) is 0 Å². The van der Waals surface area contributed by atoms with Gasteiger partial charge in [0, 0.05) is 5.69 Å². The molecule has 2 rings (SSSR count). The molecule has 0 amide bonds. The Hall–Kier alpha value is -1.77. The molecule has 16 heavy (non-hydrogen) atoms. The maximum Gasteiger partial charge on any atom is 0.125 e. The molecule has 1 atom stereocenters. The minimum absolute atomic E-state index is 0.0236. The number of nitrogens with one attached hydrogen (secondary N) is 1. The predicted octanol–water partition coefficient (Wildman–Crippen LogP) is 3.90. The van der Waals surface area contributed by atoms with E-state index in [0.717, 1.165) is 17.0 Å². The van der Waals surface area contributed by atoms with Gasteiger partial charge in [-0.1, -0.05) is 6.07 Å². The molecule has 0 saturated carbocycles. The third-order valence-corrected chi connectivity index (χ3v) is 2.54. The van der Waals surface area contributed by atoms with Crippen molar-refractivity contribution >= 4 is 5.69 Å². The van der Waals surface area contributed by atoms with Crippen molar-refractivity contribution in [1.82, 2.24) is 0 Å². The van der Waals surface area contributed by atoms with Crippen molar-refractivity contribution in [3.63, 3.8) is 0 Å². The number of furan rings is 1. The zero-order valence-electron chi connectivity index (χ0n) is 9.33. The molecule has 1 aromatic carbocycles. The lowest BCUT2D eigenvalue weighted by atomic mass is 10.1. The highest BCUT2D eigenvalue weighted by molar-refractivity contribution is 5.51.